The molecule has 1 aliphatic carbocycles. The quantitative estimate of drug-likeness (QED) is 0.649. The van der Waals surface area contributed by atoms with E-state index in [1.54, 1.807) is 18.2 Å². The zero-order chi connectivity index (χ0) is 9.03. The number of carboxylic acids is 1. The van der Waals surface area contributed by atoms with Crippen LogP contribution in [0.15, 0.2) is 37.0 Å². The molecule has 0 aromatic carbocycles. The van der Waals surface area contributed by atoms with Crippen LogP contribution in [-0.2, 0) is 4.79 Å². The van der Waals surface area contributed by atoms with Crippen LogP contribution in [0.2, 0.25) is 0 Å². The second-order valence-electron chi connectivity index (χ2n) is 2.95. The first kappa shape index (κ1) is 8.78. The minimum Gasteiger partial charge on any atom is -0.481 e. The Hall–Kier alpha value is -1.31. The number of carbonyl (C=O) groups is 1. The van der Waals surface area contributed by atoms with Crippen molar-refractivity contribution >= 4 is 5.97 Å². The molecule has 64 valence electrons. The van der Waals surface area contributed by atoms with Crippen molar-refractivity contribution in [2.24, 2.45) is 5.41 Å². The van der Waals surface area contributed by atoms with Crippen molar-refractivity contribution in [3.63, 3.8) is 0 Å². The third-order valence-electron chi connectivity index (χ3n) is 2.08. The highest BCUT2D eigenvalue weighted by atomic mass is 16.4. The van der Waals surface area contributed by atoms with Gasteiger partial charge in [-0.1, -0.05) is 30.4 Å². The molecular formula is C10H12O2. The molecule has 0 bridgehead atoms. The minimum atomic E-state index is -0.775. The molecule has 1 N–H and O–H groups in total. The maximum Gasteiger partial charge on any atom is 0.314 e. The molecule has 0 heterocycles. The fourth-order valence-electron chi connectivity index (χ4n) is 1.32. The summed E-state index contributed by atoms with van der Waals surface area (Å²) in [6, 6.07) is 0. The van der Waals surface area contributed by atoms with Crippen LogP contribution in [0.3, 0.4) is 0 Å². The van der Waals surface area contributed by atoms with Gasteiger partial charge in [-0.2, -0.15) is 0 Å². The zero-order valence-corrected chi connectivity index (χ0v) is 6.86. The van der Waals surface area contributed by atoms with Gasteiger partial charge in [-0.3, -0.25) is 4.79 Å². The van der Waals surface area contributed by atoms with Gasteiger partial charge < -0.3 is 5.11 Å². The number of hydrogen-bond acceptors (Lipinski definition) is 1. The van der Waals surface area contributed by atoms with Crippen molar-refractivity contribution in [2.75, 3.05) is 0 Å². The second-order valence-corrected chi connectivity index (χ2v) is 2.95. The minimum absolute atomic E-state index is 0.489. The van der Waals surface area contributed by atoms with Gasteiger partial charge in [0.25, 0.3) is 0 Å². The average molecular weight is 164 g/mol. The van der Waals surface area contributed by atoms with E-state index in [9.17, 15) is 4.79 Å². The normalized spacial score (nSPS) is 27.0. The van der Waals surface area contributed by atoms with Crippen molar-refractivity contribution in [3.05, 3.63) is 37.0 Å². The van der Waals surface area contributed by atoms with E-state index in [1.165, 1.54) is 0 Å². The van der Waals surface area contributed by atoms with Crippen molar-refractivity contribution in [1.29, 1.82) is 0 Å². The van der Waals surface area contributed by atoms with E-state index >= 15 is 0 Å². The molecule has 0 saturated carbocycles. The summed E-state index contributed by atoms with van der Waals surface area (Å²) in [5.74, 6) is -0.775. The molecule has 0 amide bonds. The van der Waals surface area contributed by atoms with Gasteiger partial charge in [-0.05, 0) is 12.8 Å². The predicted molar refractivity (Wildman–Crippen MR) is 47.8 cm³/mol. The molecule has 0 fully saturated rings. The standard InChI is InChI=1S/C10H12O2/c1-2-6-10(9(11)12)7-4-3-5-8-10/h2-5,7H,1,6,8H2,(H,11,12). The Labute approximate surface area is 71.9 Å². The molecule has 0 aliphatic heterocycles. The van der Waals surface area contributed by atoms with Crippen molar-refractivity contribution in [3.8, 4) is 0 Å². The third-order valence-corrected chi connectivity index (χ3v) is 2.08. The van der Waals surface area contributed by atoms with E-state index in [1.807, 2.05) is 12.2 Å². The molecule has 12 heavy (non-hydrogen) atoms. The lowest BCUT2D eigenvalue weighted by Crippen LogP contribution is -2.28. The van der Waals surface area contributed by atoms with Crippen LogP contribution in [-0.4, -0.2) is 11.1 Å². The topological polar surface area (TPSA) is 37.3 Å². The number of aliphatic carboxylic acids is 1. The van der Waals surface area contributed by atoms with Gasteiger partial charge in [-0.15, -0.1) is 6.58 Å². The fourth-order valence-corrected chi connectivity index (χ4v) is 1.32. The third kappa shape index (κ3) is 1.47. The van der Waals surface area contributed by atoms with Crippen molar-refractivity contribution < 1.29 is 9.90 Å². The monoisotopic (exact) mass is 164 g/mol. The molecule has 1 rings (SSSR count). The lowest BCUT2D eigenvalue weighted by molar-refractivity contribution is -0.145. The van der Waals surface area contributed by atoms with Crippen LogP contribution in [0.5, 0.6) is 0 Å². The van der Waals surface area contributed by atoms with Gasteiger partial charge in [0, 0.05) is 0 Å². The molecule has 1 aliphatic rings. The van der Waals surface area contributed by atoms with Crippen molar-refractivity contribution in [1.82, 2.24) is 0 Å². The number of carboxylic acid groups (broad SMARTS) is 1. The number of hydrogen-bond donors (Lipinski definition) is 1. The summed E-state index contributed by atoms with van der Waals surface area (Å²) >= 11 is 0. The highest BCUT2D eigenvalue weighted by molar-refractivity contribution is 5.78. The van der Waals surface area contributed by atoms with Gasteiger partial charge in [0.2, 0.25) is 0 Å². The number of rotatable bonds is 3. The summed E-state index contributed by atoms with van der Waals surface area (Å²) in [5, 5.41) is 8.99. The summed E-state index contributed by atoms with van der Waals surface area (Å²) < 4.78 is 0. The largest absolute Gasteiger partial charge is 0.481 e. The smallest absolute Gasteiger partial charge is 0.314 e. The first-order valence-electron chi connectivity index (χ1n) is 3.90. The maximum absolute atomic E-state index is 10.9. The predicted octanol–water partition coefficient (Wildman–Crippen LogP) is 2.15. The lowest BCUT2D eigenvalue weighted by Gasteiger charge is -2.24. The lowest BCUT2D eigenvalue weighted by atomic mass is 9.79. The Balaban J connectivity index is 2.87. The molecule has 2 heteroatoms. The molecule has 0 radical (unpaired) electrons. The molecule has 1 unspecified atom stereocenters. The van der Waals surface area contributed by atoms with E-state index < -0.39 is 11.4 Å². The molecule has 1 atom stereocenters. The molecular weight excluding hydrogens is 152 g/mol. The van der Waals surface area contributed by atoms with Gasteiger partial charge >= 0.3 is 5.97 Å². The highest BCUT2D eigenvalue weighted by Crippen LogP contribution is 2.32. The van der Waals surface area contributed by atoms with E-state index in [0.717, 1.165) is 0 Å². The highest BCUT2D eigenvalue weighted by Gasteiger charge is 2.33. The van der Waals surface area contributed by atoms with Crippen LogP contribution < -0.4 is 0 Å². The molecule has 2 nitrogen and oxygen atoms in total. The van der Waals surface area contributed by atoms with E-state index in [0.29, 0.717) is 12.8 Å². The zero-order valence-electron chi connectivity index (χ0n) is 6.86. The van der Waals surface area contributed by atoms with Crippen LogP contribution >= 0.6 is 0 Å². The Kier molecular flexibility index (Phi) is 2.48. The van der Waals surface area contributed by atoms with Crippen molar-refractivity contribution in [2.45, 2.75) is 12.8 Å². The molecule has 0 aromatic heterocycles. The molecule has 0 spiro atoms. The van der Waals surface area contributed by atoms with E-state index in [2.05, 4.69) is 6.58 Å². The first-order valence-corrected chi connectivity index (χ1v) is 3.90. The Morgan fingerprint density at radius 1 is 1.67 bits per heavy atom. The summed E-state index contributed by atoms with van der Waals surface area (Å²) in [6.45, 7) is 3.56. The molecule has 0 saturated heterocycles. The molecule has 0 aromatic rings. The SMILES string of the molecule is C=CCC1(C(=O)O)C=CC=CC1. The second kappa shape index (κ2) is 3.39. The Morgan fingerprint density at radius 3 is 2.83 bits per heavy atom. The van der Waals surface area contributed by atoms with Crippen LogP contribution in [0, 0.1) is 5.41 Å². The van der Waals surface area contributed by atoms with E-state index in [4.69, 9.17) is 5.11 Å². The summed E-state index contributed by atoms with van der Waals surface area (Å²) in [7, 11) is 0. The van der Waals surface area contributed by atoms with Gasteiger partial charge in [0.15, 0.2) is 0 Å². The Morgan fingerprint density at radius 2 is 2.42 bits per heavy atom. The summed E-state index contributed by atoms with van der Waals surface area (Å²) in [4.78, 5) is 10.9. The summed E-state index contributed by atoms with van der Waals surface area (Å²) in [5.41, 5.74) is -0.740. The number of allylic oxidation sites excluding steroid dienone is 4. The van der Waals surface area contributed by atoms with Crippen LogP contribution in [0.4, 0.5) is 0 Å². The van der Waals surface area contributed by atoms with Gasteiger partial charge in [0.05, 0.1) is 5.41 Å². The summed E-state index contributed by atoms with van der Waals surface area (Å²) in [6.07, 6.45) is 9.95. The first-order chi connectivity index (χ1) is 5.71. The average Bonchev–Trinajstić information content (AvgIpc) is 2.06. The van der Waals surface area contributed by atoms with Gasteiger partial charge in [-0.25, -0.2) is 0 Å². The van der Waals surface area contributed by atoms with Crippen LogP contribution in [0.25, 0.3) is 0 Å². The van der Waals surface area contributed by atoms with Gasteiger partial charge in [0.1, 0.15) is 0 Å². The maximum atomic E-state index is 10.9. The van der Waals surface area contributed by atoms with Crippen LogP contribution in [0.1, 0.15) is 12.8 Å². The Bertz CT molecular complexity index is 247. The van der Waals surface area contributed by atoms with E-state index in [-0.39, 0.29) is 0 Å². The fraction of sp³-hybridized carbons (Fsp3) is 0.300.